The van der Waals surface area contributed by atoms with Crippen molar-refractivity contribution in [3.63, 3.8) is 0 Å². The number of sulfonamides is 1. The van der Waals surface area contributed by atoms with Crippen LogP contribution in [0, 0.1) is 0 Å². The molecule has 0 atom stereocenters. The molecule has 0 unspecified atom stereocenters. The van der Waals surface area contributed by atoms with Gasteiger partial charge in [-0.2, -0.15) is 0 Å². The number of benzene rings is 1. The molecule has 0 spiro atoms. The van der Waals surface area contributed by atoms with E-state index in [-0.39, 0.29) is 10.7 Å². The topological polar surface area (TPSA) is 76.1 Å². The molecule has 1 N–H and O–H groups in total. The lowest BCUT2D eigenvalue weighted by molar-refractivity contribution is 0.101. The zero-order valence-electron chi connectivity index (χ0n) is 10.9. The van der Waals surface area contributed by atoms with Crippen molar-refractivity contribution in [2.45, 2.75) is 18.2 Å². The Labute approximate surface area is 121 Å². The fourth-order valence-corrected chi connectivity index (χ4v) is 3.25. The molecule has 0 aliphatic heterocycles. The van der Waals surface area contributed by atoms with Gasteiger partial charge in [-0.3, -0.25) is 4.79 Å². The van der Waals surface area contributed by atoms with Crippen molar-refractivity contribution in [2.24, 2.45) is 0 Å². The van der Waals surface area contributed by atoms with Crippen LogP contribution in [-0.4, -0.2) is 25.7 Å². The molecule has 7 heteroatoms. The molecule has 1 aromatic carbocycles. The fraction of sp³-hybridized carbons (Fsp3) is 0.231. The summed E-state index contributed by atoms with van der Waals surface area (Å²) in [5, 5.41) is 1.88. The van der Waals surface area contributed by atoms with E-state index in [9.17, 15) is 13.2 Å². The molecule has 2 aromatic rings. The first-order valence-corrected chi connectivity index (χ1v) is 8.39. The summed E-state index contributed by atoms with van der Waals surface area (Å²) in [7, 11) is -3.54. The number of aromatic nitrogens is 1. The summed E-state index contributed by atoms with van der Waals surface area (Å²) >= 11 is 1.48. The minimum atomic E-state index is -3.54. The molecule has 0 radical (unpaired) electrons. The molecule has 0 saturated heterocycles. The summed E-state index contributed by atoms with van der Waals surface area (Å²) in [4.78, 5) is 15.4. The van der Waals surface area contributed by atoms with Crippen LogP contribution in [-0.2, 0) is 16.4 Å². The van der Waals surface area contributed by atoms with Gasteiger partial charge in [0, 0.05) is 23.9 Å². The highest BCUT2D eigenvalue weighted by Crippen LogP contribution is 2.11. The SMILES string of the molecule is CC(=O)c1ccc(S(=O)(=O)NCCc2cscn2)cc1. The Bertz CT molecular complexity index is 677. The molecule has 0 amide bonds. The zero-order valence-corrected chi connectivity index (χ0v) is 12.5. The molecule has 1 aromatic heterocycles. The Morgan fingerprint density at radius 2 is 2.00 bits per heavy atom. The third-order valence-electron chi connectivity index (χ3n) is 2.73. The Morgan fingerprint density at radius 1 is 1.30 bits per heavy atom. The van der Waals surface area contributed by atoms with E-state index in [1.54, 1.807) is 5.51 Å². The summed E-state index contributed by atoms with van der Waals surface area (Å²) in [6, 6.07) is 5.89. The molecule has 0 saturated carbocycles. The average molecular weight is 310 g/mol. The number of thiazole rings is 1. The first kappa shape index (κ1) is 14.8. The highest BCUT2D eigenvalue weighted by Gasteiger charge is 2.13. The van der Waals surface area contributed by atoms with Crippen LogP contribution in [0.3, 0.4) is 0 Å². The third kappa shape index (κ3) is 3.72. The number of hydrogen-bond acceptors (Lipinski definition) is 5. The van der Waals surface area contributed by atoms with Gasteiger partial charge in [-0.25, -0.2) is 18.1 Å². The van der Waals surface area contributed by atoms with Gasteiger partial charge in [0.1, 0.15) is 0 Å². The Balaban J connectivity index is 2.00. The van der Waals surface area contributed by atoms with Gasteiger partial charge in [0.25, 0.3) is 0 Å². The van der Waals surface area contributed by atoms with Crippen LogP contribution in [0.15, 0.2) is 40.1 Å². The number of carbonyl (C=O) groups excluding carboxylic acids is 1. The van der Waals surface area contributed by atoms with Crippen molar-refractivity contribution in [3.05, 3.63) is 46.4 Å². The maximum Gasteiger partial charge on any atom is 0.240 e. The van der Waals surface area contributed by atoms with E-state index in [2.05, 4.69) is 9.71 Å². The lowest BCUT2D eigenvalue weighted by Gasteiger charge is -2.06. The number of carbonyl (C=O) groups is 1. The second-order valence-corrected chi connectivity index (χ2v) is 6.69. The Kier molecular flexibility index (Phi) is 4.64. The number of Topliss-reactive ketones (excluding diaryl/α,β-unsaturated/α-hetero) is 1. The van der Waals surface area contributed by atoms with Crippen molar-refractivity contribution in [1.29, 1.82) is 0 Å². The van der Waals surface area contributed by atoms with Crippen molar-refractivity contribution in [3.8, 4) is 0 Å². The number of rotatable bonds is 6. The first-order chi connectivity index (χ1) is 9.49. The summed E-state index contributed by atoms with van der Waals surface area (Å²) in [6.45, 7) is 1.73. The summed E-state index contributed by atoms with van der Waals surface area (Å²) < 4.78 is 26.6. The van der Waals surface area contributed by atoms with Gasteiger partial charge in [-0.05, 0) is 19.1 Å². The molecule has 0 fully saturated rings. The number of nitrogens with one attached hydrogen (secondary N) is 1. The standard InChI is InChI=1S/C13H14N2O3S2/c1-10(16)11-2-4-13(5-3-11)20(17,18)15-7-6-12-8-19-9-14-12/h2-5,8-9,15H,6-7H2,1H3. The Morgan fingerprint density at radius 3 is 2.55 bits per heavy atom. The highest BCUT2D eigenvalue weighted by atomic mass is 32.2. The van der Waals surface area contributed by atoms with Gasteiger partial charge in [0.2, 0.25) is 10.0 Å². The van der Waals surface area contributed by atoms with Crippen LogP contribution in [0.1, 0.15) is 23.0 Å². The molecule has 2 rings (SSSR count). The highest BCUT2D eigenvalue weighted by molar-refractivity contribution is 7.89. The molecule has 0 bridgehead atoms. The minimum absolute atomic E-state index is 0.0922. The van der Waals surface area contributed by atoms with Crippen LogP contribution in [0.5, 0.6) is 0 Å². The lowest BCUT2D eigenvalue weighted by Crippen LogP contribution is -2.26. The monoisotopic (exact) mass is 310 g/mol. The van der Waals surface area contributed by atoms with Crippen LogP contribution in [0.2, 0.25) is 0 Å². The molecule has 20 heavy (non-hydrogen) atoms. The maximum atomic E-state index is 12.0. The number of nitrogens with zero attached hydrogens (tertiary/aromatic N) is 1. The predicted octanol–water partition coefficient (Wildman–Crippen LogP) is 1.87. The van der Waals surface area contributed by atoms with E-state index in [4.69, 9.17) is 0 Å². The molecule has 5 nitrogen and oxygen atoms in total. The van der Waals surface area contributed by atoms with Crippen molar-refractivity contribution in [2.75, 3.05) is 6.54 Å². The average Bonchev–Trinajstić information content (AvgIpc) is 2.92. The lowest BCUT2D eigenvalue weighted by atomic mass is 10.2. The second-order valence-electron chi connectivity index (χ2n) is 4.21. The third-order valence-corrected chi connectivity index (χ3v) is 4.84. The van der Waals surface area contributed by atoms with Crippen LogP contribution >= 0.6 is 11.3 Å². The van der Waals surface area contributed by atoms with E-state index in [0.29, 0.717) is 18.5 Å². The van der Waals surface area contributed by atoms with Gasteiger partial charge in [-0.15, -0.1) is 11.3 Å². The van der Waals surface area contributed by atoms with Crippen molar-refractivity contribution >= 4 is 27.1 Å². The molecular formula is C13H14N2O3S2. The molecular weight excluding hydrogens is 296 g/mol. The fourth-order valence-electron chi connectivity index (χ4n) is 1.63. The predicted molar refractivity (Wildman–Crippen MR) is 77.5 cm³/mol. The van der Waals surface area contributed by atoms with E-state index >= 15 is 0 Å². The second kappa shape index (κ2) is 6.25. The smallest absolute Gasteiger partial charge is 0.240 e. The van der Waals surface area contributed by atoms with Crippen molar-refractivity contribution < 1.29 is 13.2 Å². The van der Waals surface area contributed by atoms with E-state index in [1.165, 1.54) is 42.5 Å². The number of ketones is 1. The van der Waals surface area contributed by atoms with Gasteiger partial charge < -0.3 is 0 Å². The largest absolute Gasteiger partial charge is 0.295 e. The first-order valence-electron chi connectivity index (χ1n) is 5.97. The summed E-state index contributed by atoms with van der Waals surface area (Å²) in [6.07, 6.45) is 0.550. The van der Waals surface area contributed by atoms with E-state index < -0.39 is 10.0 Å². The number of hydrogen-bond donors (Lipinski definition) is 1. The minimum Gasteiger partial charge on any atom is -0.295 e. The summed E-state index contributed by atoms with van der Waals surface area (Å²) in [5.41, 5.74) is 3.07. The van der Waals surface area contributed by atoms with Crippen LogP contribution in [0.25, 0.3) is 0 Å². The van der Waals surface area contributed by atoms with Crippen LogP contribution < -0.4 is 4.72 Å². The molecule has 106 valence electrons. The maximum absolute atomic E-state index is 12.0. The van der Waals surface area contributed by atoms with Crippen LogP contribution in [0.4, 0.5) is 0 Å². The summed E-state index contributed by atoms with van der Waals surface area (Å²) in [5.74, 6) is -0.0922. The van der Waals surface area contributed by atoms with E-state index in [0.717, 1.165) is 5.69 Å². The molecule has 0 aliphatic carbocycles. The van der Waals surface area contributed by atoms with E-state index in [1.807, 2.05) is 5.38 Å². The Hall–Kier alpha value is -1.57. The van der Waals surface area contributed by atoms with Crippen molar-refractivity contribution in [1.82, 2.24) is 9.71 Å². The van der Waals surface area contributed by atoms with Gasteiger partial charge >= 0.3 is 0 Å². The molecule has 1 heterocycles. The normalized spacial score (nSPS) is 11.4. The van der Waals surface area contributed by atoms with Gasteiger partial charge in [-0.1, -0.05) is 12.1 Å². The zero-order chi connectivity index (χ0) is 14.6. The molecule has 0 aliphatic rings. The van der Waals surface area contributed by atoms with Gasteiger partial charge in [0.15, 0.2) is 5.78 Å². The quantitative estimate of drug-likeness (QED) is 0.826. The van der Waals surface area contributed by atoms with Gasteiger partial charge in [0.05, 0.1) is 16.1 Å².